The summed E-state index contributed by atoms with van der Waals surface area (Å²) < 4.78 is 0. The minimum absolute atomic E-state index is 0.723. The number of nitrogens with zero attached hydrogens (tertiary/aromatic N) is 1. The largest absolute Gasteiger partial charge is 0.270 e. The van der Waals surface area contributed by atoms with Gasteiger partial charge < -0.3 is 0 Å². The third-order valence-corrected chi connectivity index (χ3v) is 1.68. The van der Waals surface area contributed by atoms with Crippen LogP contribution in [0.5, 0.6) is 0 Å². The Morgan fingerprint density at radius 1 is 1.78 bits per heavy atom. The summed E-state index contributed by atoms with van der Waals surface area (Å²) >= 11 is 1.65. The molecular weight excluding hydrogens is 130 g/mol. The van der Waals surface area contributed by atoms with Crippen molar-refractivity contribution in [2.45, 2.75) is 0 Å². The maximum Gasteiger partial charge on any atom is 0.110 e. The molecule has 0 aliphatic heterocycles. The van der Waals surface area contributed by atoms with E-state index in [0.29, 0.717) is 0 Å². The van der Waals surface area contributed by atoms with Gasteiger partial charge in [0.25, 0.3) is 0 Å². The molecule has 1 aromatic heterocycles. The Balaban J connectivity index is 2.38. The number of hydrogen-bond donors (Lipinski definition) is 0. The molecule has 0 atom stereocenters. The molecule has 0 amide bonds. The van der Waals surface area contributed by atoms with Crippen molar-refractivity contribution in [1.82, 2.24) is 5.32 Å². The average Bonchev–Trinajstić information content (AvgIpc) is 2.34. The number of rotatable bonds is 3. The van der Waals surface area contributed by atoms with Crippen molar-refractivity contribution in [3.63, 3.8) is 0 Å². The van der Waals surface area contributed by atoms with Gasteiger partial charge in [0.1, 0.15) is 5.00 Å². The number of thiophene rings is 1. The van der Waals surface area contributed by atoms with Gasteiger partial charge in [-0.15, -0.1) is 17.9 Å². The molecule has 1 aromatic rings. The topological polar surface area (TPSA) is 14.1 Å². The first-order chi connectivity index (χ1) is 4.43. The maximum absolute atomic E-state index is 4.19. The molecule has 2 heteroatoms. The standard InChI is InChI=1S/C7H8NS/c1-2-5-8-7-4-3-6-9-7/h2-4,6H,1,5H2. The molecule has 0 spiro atoms. The van der Waals surface area contributed by atoms with E-state index in [1.165, 1.54) is 0 Å². The molecule has 1 rings (SSSR count). The Kier molecular flexibility index (Phi) is 2.33. The van der Waals surface area contributed by atoms with Crippen molar-refractivity contribution in [2.24, 2.45) is 0 Å². The van der Waals surface area contributed by atoms with Gasteiger partial charge in [0.15, 0.2) is 0 Å². The zero-order chi connectivity index (χ0) is 6.53. The fraction of sp³-hybridized carbons (Fsp3) is 0.143. The first-order valence-corrected chi connectivity index (χ1v) is 3.63. The van der Waals surface area contributed by atoms with Gasteiger partial charge in [-0.05, 0) is 17.5 Å². The van der Waals surface area contributed by atoms with Crippen LogP contribution < -0.4 is 5.32 Å². The lowest BCUT2D eigenvalue weighted by Gasteiger charge is -1.90. The van der Waals surface area contributed by atoms with Crippen molar-refractivity contribution in [3.8, 4) is 0 Å². The van der Waals surface area contributed by atoms with Crippen molar-refractivity contribution >= 4 is 16.3 Å². The summed E-state index contributed by atoms with van der Waals surface area (Å²) in [5.41, 5.74) is 0. The highest BCUT2D eigenvalue weighted by atomic mass is 32.1. The first kappa shape index (κ1) is 6.36. The van der Waals surface area contributed by atoms with E-state index in [2.05, 4.69) is 11.9 Å². The molecule has 0 aromatic carbocycles. The quantitative estimate of drug-likeness (QED) is 0.568. The second-order valence-electron chi connectivity index (χ2n) is 1.58. The Morgan fingerprint density at radius 3 is 3.22 bits per heavy atom. The molecule has 0 aliphatic carbocycles. The van der Waals surface area contributed by atoms with Gasteiger partial charge in [0, 0.05) is 0 Å². The van der Waals surface area contributed by atoms with Crippen LogP contribution in [0.1, 0.15) is 0 Å². The summed E-state index contributed by atoms with van der Waals surface area (Å²) in [6.45, 7) is 4.29. The molecule has 1 radical (unpaired) electrons. The van der Waals surface area contributed by atoms with E-state index >= 15 is 0 Å². The molecule has 0 aliphatic rings. The van der Waals surface area contributed by atoms with E-state index in [0.717, 1.165) is 11.5 Å². The van der Waals surface area contributed by atoms with E-state index in [9.17, 15) is 0 Å². The molecule has 0 unspecified atom stereocenters. The van der Waals surface area contributed by atoms with Crippen molar-refractivity contribution in [2.75, 3.05) is 6.54 Å². The Hall–Kier alpha value is -0.760. The summed E-state index contributed by atoms with van der Waals surface area (Å²) in [7, 11) is 0. The number of hydrogen-bond acceptors (Lipinski definition) is 1. The van der Waals surface area contributed by atoms with E-state index in [-0.39, 0.29) is 0 Å². The fourth-order valence-electron chi connectivity index (χ4n) is 0.514. The third-order valence-electron chi connectivity index (χ3n) is 0.882. The molecule has 1 nitrogen and oxygen atoms in total. The third kappa shape index (κ3) is 1.90. The minimum Gasteiger partial charge on any atom is -0.270 e. The normalized spacial score (nSPS) is 8.89. The predicted molar refractivity (Wildman–Crippen MR) is 41.2 cm³/mol. The van der Waals surface area contributed by atoms with Crippen LogP contribution in [0.25, 0.3) is 0 Å². The monoisotopic (exact) mass is 138 g/mol. The Bertz CT molecular complexity index is 167. The molecule has 47 valence electrons. The molecule has 0 saturated heterocycles. The lowest BCUT2D eigenvalue weighted by molar-refractivity contribution is 0.999. The average molecular weight is 138 g/mol. The van der Waals surface area contributed by atoms with Crippen LogP contribution >= 0.6 is 11.3 Å². The van der Waals surface area contributed by atoms with Crippen molar-refractivity contribution in [3.05, 3.63) is 30.2 Å². The van der Waals surface area contributed by atoms with Crippen LogP contribution in [0.3, 0.4) is 0 Å². The first-order valence-electron chi connectivity index (χ1n) is 2.75. The Labute approximate surface area is 59.0 Å². The molecule has 0 fully saturated rings. The molecule has 9 heavy (non-hydrogen) atoms. The highest BCUT2D eigenvalue weighted by molar-refractivity contribution is 7.13. The second kappa shape index (κ2) is 3.30. The summed E-state index contributed by atoms with van der Waals surface area (Å²) in [5, 5.41) is 7.28. The van der Waals surface area contributed by atoms with E-state index in [1.807, 2.05) is 17.5 Å². The van der Waals surface area contributed by atoms with Gasteiger partial charge in [0.05, 0.1) is 6.54 Å². The molecule has 1 heterocycles. The summed E-state index contributed by atoms with van der Waals surface area (Å²) in [4.78, 5) is 0. The lowest BCUT2D eigenvalue weighted by Crippen LogP contribution is -1.92. The highest BCUT2D eigenvalue weighted by Gasteiger charge is 1.88. The van der Waals surface area contributed by atoms with Crippen LogP contribution in [0.15, 0.2) is 30.2 Å². The highest BCUT2D eigenvalue weighted by Crippen LogP contribution is 2.14. The van der Waals surface area contributed by atoms with Gasteiger partial charge in [-0.3, -0.25) is 5.32 Å². The molecule has 0 saturated carbocycles. The van der Waals surface area contributed by atoms with Crippen LogP contribution in [0.4, 0.5) is 5.00 Å². The van der Waals surface area contributed by atoms with E-state index < -0.39 is 0 Å². The lowest BCUT2D eigenvalue weighted by atomic mass is 10.6. The van der Waals surface area contributed by atoms with Gasteiger partial charge in [-0.1, -0.05) is 6.08 Å². The van der Waals surface area contributed by atoms with E-state index in [1.54, 1.807) is 17.4 Å². The SMILES string of the molecule is C=CC[N]c1cccs1. The van der Waals surface area contributed by atoms with Gasteiger partial charge in [0.2, 0.25) is 0 Å². The van der Waals surface area contributed by atoms with Crippen molar-refractivity contribution < 1.29 is 0 Å². The summed E-state index contributed by atoms with van der Waals surface area (Å²) in [6.07, 6.45) is 1.79. The summed E-state index contributed by atoms with van der Waals surface area (Å²) in [6, 6.07) is 3.99. The predicted octanol–water partition coefficient (Wildman–Crippen LogP) is 2.17. The zero-order valence-electron chi connectivity index (χ0n) is 5.08. The van der Waals surface area contributed by atoms with Crippen LogP contribution in [0.2, 0.25) is 0 Å². The zero-order valence-corrected chi connectivity index (χ0v) is 5.90. The van der Waals surface area contributed by atoms with Crippen molar-refractivity contribution in [1.29, 1.82) is 0 Å². The van der Waals surface area contributed by atoms with Crippen LogP contribution in [0, 0.1) is 0 Å². The van der Waals surface area contributed by atoms with Crippen LogP contribution in [-0.4, -0.2) is 6.54 Å². The second-order valence-corrected chi connectivity index (χ2v) is 2.51. The van der Waals surface area contributed by atoms with Gasteiger partial charge in [-0.2, -0.15) is 0 Å². The summed E-state index contributed by atoms with van der Waals surface area (Å²) in [5.74, 6) is 0. The smallest absolute Gasteiger partial charge is 0.110 e. The minimum atomic E-state index is 0.723. The van der Waals surface area contributed by atoms with Gasteiger partial charge in [-0.25, -0.2) is 0 Å². The Morgan fingerprint density at radius 2 is 2.67 bits per heavy atom. The molecule has 0 N–H and O–H groups in total. The maximum atomic E-state index is 4.19. The fourth-order valence-corrected chi connectivity index (χ4v) is 1.12. The molecular formula is C7H8NS. The van der Waals surface area contributed by atoms with E-state index in [4.69, 9.17) is 0 Å². The van der Waals surface area contributed by atoms with Gasteiger partial charge >= 0.3 is 0 Å². The molecule has 0 bridgehead atoms. The van der Waals surface area contributed by atoms with Crippen LogP contribution in [-0.2, 0) is 0 Å².